The first-order chi connectivity index (χ1) is 13.7. The van der Waals surface area contributed by atoms with E-state index in [1.54, 1.807) is 25.3 Å². The summed E-state index contributed by atoms with van der Waals surface area (Å²) in [7, 11) is 1.60. The Kier molecular flexibility index (Phi) is 8.19. The highest BCUT2D eigenvalue weighted by Crippen LogP contribution is 2.29. The van der Waals surface area contributed by atoms with Crippen LogP contribution >= 0.6 is 11.6 Å². The number of piperidine rings is 1. The Bertz CT molecular complexity index is 672. The van der Waals surface area contributed by atoms with Crippen LogP contribution in [0.15, 0.2) is 30.4 Å². The van der Waals surface area contributed by atoms with Crippen molar-refractivity contribution in [2.45, 2.75) is 38.2 Å². The molecule has 0 saturated carbocycles. The fraction of sp³-hybridized carbons (Fsp3) is 0.591. The zero-order chi connectivity index (χ0) is 19.8. The van der Waals surface area contributed by atoms with Gasteiger partial charge in [-0.25, -0.2) is 0 Å². The third-order valence-corrected chi connectivity index (χ3v) is 5.80. The summed E-state index contributed by atoms with van der Waals surface area (Å²) >= 11 is 6.36. The van der Waals surface area contributed by atoms with Crippen molar-refractivity contribution in [3.63, 3.8) is 0 Å². The Morgan fingerprint density at radius 3 is 2.75 bits per heavy atom. The molecule has 0 aromatic heterocycles. The number of halogens is 1. The number of carbonyl (C=O) groups excluding carboxylic acids is 1. The SMILES string of the molecule is COCCNC(=O)c1ccc(OC2CCN(C[C@H]3CC=CCC3)CC2)c(Cl)c1. The van der Waals surface area contributed by atoms with Crippen molar-refractivity contribution >= 4 is 17.5 Å². The van der Waals surface area contributed by atoms with Crippen molar-refractivity contribution in [1.29, 1.82) is 0 Å². The van der Waals surface area contributed by atoms with Crippen LogP contribution in [0.3, 0.4) is 0 Å². The highest BCUT2D eigenvalue weighted by Gasteiger charge is 2.23. The van der Waals surface area contributed by atoms with Gasteiger partial charge in [0.25, 0.3) is 5.91 Å². The number of ether oxygens (including phenoxy) is 2. The number of nitrogens with one attached hydrogen (secondary N) is 1. The minimum absolute atomic E-state index is 0.156. The topological polar surface area (TPSA) is 50.8 Å². The average molecular weight is 407 g/mol. The van der Waals surface area contributed by atoms with Gasteiger partial charge in [-0.1, -0.05) is 23.8 Å². The van der Waals surface area contributed by atoms with Crippen molar-refractivity contribution in [2.75, 3.05) is 39.9 Å². The molecule has 0 spiro atoms. The summed E-state index contributed by atoms with van der Waals surface area (Å²) in [6.07, 6.45) is 10.6. The van der Waals surface area contributed by atoms with Crippen molar-refractivity contribution < 1.29 is 14.3 Å². The van der Waals surface area contributed by atoms with Gasteiger partial charge in [-0.2, -0.15) is 0 Å². The van der Waals surface area contributed by atoms with Crippen molar-refractivity contribution in [3.05, 3.63) is 40.9 Å². The van der Waals surface area contributed by atoms with Gasteiger partial charge < -0.3 is 19.7 Å². The van der Waals surface area contributed by atoms with Gasteiger partial charge in [-0.05, 0) is 56.2 Å². The molecular formula is C22H31ClN2O3. The van der Waals surface area contributed by atoms with Crippen LogP contribution in [0, 0.1) is 5.92 Å². The van der Waals surface area contributed by atoms with Gasteiger partial charge in [0.2, 0.25) is 0 Å². The van der Waals surface area contributed by atoms with E-state index in [9.17, 15) is 4.79 Å². The molecule has 1 aromatic rings. The predicted molar refractivity (Wildman–Crippen MR) is 112 cm³/mol. The van der Waals surface area contributed by atoms with E-state index in [1.807, 2.05) is 0 Å². The molecule has 1 aromatic carbocycles. The number of rotatable bonds is 8. The van der Waals surface area contributed by atoms with Gasteiger partial charge in [-0.15, -0.1) is 0 Å². The van der Waals surface area contributed by atoms with Gasteiger partial charge in [-0.3, -0.25) is 4.79 Å². The van der Waals surface area contributed by atoms with E-state index in [0.717, 1.165) is 31.8 Å². The van der Waals surface area contributed by atoms with E-state index < -0.39 is 0 Å². The first-order valence-electron chi connectivity index (χ1n) is 10.3. The minimum atomic E-state index is -0.156. The molecule has 1 saturated heterocycles. The molecule has 6 heteroatoms. The quantitative estimate of drug-likeness (QED) is 0.525. The van der Waals surface area contributed by atoms with Crippen LogP contribution in [0.25, 0.3) is 0 Å². The maximum Gasteiger partial charge on any atom is 0.251 e. The summed E-state index contributed by atoms with van der Waals surface area (Å²) in [5, 5.41) is 3.28. The van der Waals surface area contributed by atoms with E-state index in [4.69, 9.17) is 21.1 Å². The second-order valence-corrected chi connectivity index (χ2v) is 8.07. The first kappa shape index (κ1) is 21.2. The van der Waals surface area contributed by atoms with Gasteiger partial charge >= 0.3 is 0 Å². The lowest BCUT2D eigenvalue weighted by Crippen LogP contribution is -2.40. The molecule has 2 aliphatic rings. The van der Waals surface area contributed by atoms with E-state index in [1.165, 1.54) is 25.8 Å². The molecule has 1 heterocycles. The molecule has 1 aliphatic heterocycles. The molecule has 154 valence electrons. The van der Waals surface area contributed by atoms with Crippen molar-refractivity contribution in [1.82, 2.24) is 10.2 Å². The van der Waals surface area contributed by atoms with Gasteiger partial charge in [0.15, 0.2) is 0 Å². The molecule has 28 heavy (non-hydrogen) atoms. The monoisotopic (exact) mass is 406 g/mol. The van der Waals surface area contributed by atoms with Crippen LogP contribution in [-0.2, 0) is 4.74 Å². The molecule has 1 aliphatic carbocycles. The Morgan fingerprint density at radius 2 is 2.07 bits per heavy atom. The number of likely N-dealkylation sites (tertiary alicyclic amines) is 1. The summed E-state index contributed by atoms with van der Waals surface area (Å²) in [5.74, 6) is 1.31. The van der Waals surface area contributed by atoms with Crippen LogP contribution in [0.5, 0.6) is 5.75 Å². The molecule has 3 rings (SSSR count). The number of benzene rings is 1. The van der Waals surface area contributed by atoms with E-state index >= 15 is 0 Å². The number of carbonyl (C=O) groups is 1. The maximum atomic E-state index is 12.1. The molecule has 1 fully saturated rings. The standard InChI is InChI=1S/C22H31ClN2O3/c1-27-14-11-24-22(26)18-7-8-21(20(23)15-18)28-19-9-12-25(13-10-19)16-17-5-3-2-4-6-17/h2-3,7-8,15,17,19H,4-6,9-14,16H2,1H3,(H,24,26)/t17-/m0/s1. The summed E-state index contributed by atoms with van der Waals surface area (Å²) in [6, 6.07) is 5.23. The number of hydrogen-bond donors (Lipinski definition) is 1. The molecule has 0 bridgehead atoms. The van der Waals surface area contributed by atoms with Crippen LogP contribution in [0.2, 0.25) is 5.02 Å². The zero-order valence-electron chi connectivity index (χ0n) is 16.7. The smallest absolute Gasteiger partial charge is 0.251 e. The fourth-order valence-electron chi connectivity index (χ4n) is 3.88. The second-order valence-electron chi connectivity index (χ2n) is 7.66. The highest BCUT2D eigenvalue weighted by atomic mass is 35.5. The van der Waals surface area contributed by atoms with E-state index in [-0.39, 0.29) is 12.0 Å². The maximum absolute atomic E-state index is 12.1. The zero-order valence-corrected chi connectivity index (χ0v) is 17.4. The molecule has 5 nitrogen and oxygen atoms in total. The Balaban J connectivity index is 1.45. The van der Waals surface area contributed by atoms with Gasteiger partial charge in [0.05, 0.1) is 11.6 Å². The van der Waals surface area contributed by atoms with Crippen LogP contribution < -0.4 is 10.1 Å². The van der Waals surface area contributed by atoms with Crippen molar-refractivity contribution in [2.24, 2.45) is 5.92 Å². The molecular weight excluding hydrogens is 376 g/mol. The molecule has 1 atom stereocenters. The summed E-state index contributed by atoms with van der Waals surface area (Å²) in [6.45, 7) is 4.30. The Labute approximate surface area is 173 Å². The summed E-state index contributed by atoms with van der Waals surface area (Å²) in [5.41, 5.74) is 0.532. The Morgan fingerprint density at radius 1 is 1.25 bits per heavy atom. The van der Waals surface area contributed by atoms with Crippen LogP contribution in [0.1, 0.15) is 42.5 Å². The lowest BCUT2D eigenvalue weighted by Gasteiger charge is -2.34. The lowest BCUT2D eigenvalue weighted by atomic mass is 9.93. The van der Waals surface area contributed by atoms with Gasteiger partial charge in [0.1, 0.15) is 11.9 Å². The van der Waals surface area contributed by atoms with Crippen LogP contribution in [0.4, 0.5) is 0 Å². The third kappa shape index (κ3) is 6.23. The normalized spacial score (nSPS) is 20.9. The molecule has 1 N–H and O–H groups in total. The number of hydrogen-bond acceptors (Lipinski definition) is 4. The third-order valence-electron chi connectivity index (χ3n) is 5.51. The minimum Gasteiger partial charge on any atom is -0.489 e. The fourth-order valence-corrected chi connectivity index (χ4v) is 4.11. The summed E-state index contributed by atoms with van der Waals surface area (Å²) in [4.78, 5) is 14.7. The molecule has 0 radical (unpaired) electrons. The van der Waals surface area contributed by atoms with E-state index in [2.05, 4.69) is 22.4 Å². The largest absolute Gasteiger partial charge is 0.489 e. The van der Waals surface area contributed by atoms with E-state index in [0.29, 0.717) is 29.5 Å². The number of nitrogens with zero attached hydrogens (tertiary/aromatic N) is 1. The van der Waals surface area contributed by atoms with Crippen LogP contribution in [-0.4, -0.2) is 56.8 Å². The highest BCUT2D eigenvalue weighted by molar-refractivity contribution is 6.32. The van der Waals surface area contributed by atoms with Crippen molar-refractivity contribution in [3.8, 4) is 5.75 Å². The molecule has 0 unspecified atom stereocenters. The average Bonchev–Trinajstić information content (AvgIpc) is 2.72. The first-order valence-corrected chi connectivity index (χ1v) is 10.6. The second kappa shape index (κ2) is 10.8. The summed E-state index contributed by atoms with van der Waals surface area (Å²) < 4.78 is 11.1. The number of amides is 1. The predicted octanol–water partition coefficient (Wildman–Crippen LogP) is 3.92. The Hall–Kier alpha value is -1.56. The number of allylic oxidation sites excluding steroid dienone is 2. The van der Waals surface area contributed by atoms with Gasteiger partial charge in [0, 0.05) is 38.9 Å². The lowest BCUT2D eigenvalue weighted by molar-refractivity contribution is 0.0899. The number of methoxy groups -OCH3 is 1. The molecule has 1 amide bonds.